The third kappa shape index (κ3) is 4.14. The number of nitrogens with zero attached hydrogens (tertiary/aromatic N) is 1. The molecule has 23 heavy (non-hydrogen) atoms. The van der Waals surface area contributed by atoms with Crippen molar-refractivity contribution in [3.05, 3.63) is 64.1 Å². The van der Waals surface area contributed by atoms with Crippen LogP contribution in [0.4, 0.5) is 0 Å². The molecule has 1 aliphatic heterocycles. The average molecular weight is 375 g/mol. The van der Waals surface area contributed by atoms with Crippen LogP contribution in [0.3, 0.4) is 0 Å². The van der Waals surface area contributed by atoms with Gasteiger partial charge < -0.3 is 10.1 Å². The van der Waals surface area contributed by atoms with Crippen LogP contribution in [0.5, 0.6) is 5.75 Å². The highest BCUT2D eigenvalue weighted by Gasteiger charge is 2.23. The van der Waals surface area contributed by atoms with Crippen LogP contribution in [0.2, 0.25) is 0 Å². The second-order valence-electron chi connectivity index (χ2n) is 5.87. The topological polar surface area (TPSA) is 24.5 Å². The molecule has 0 spiro atoms. The van der Waals surface area contributed by atoms with Gasteiger partial charge in [0.05, 0.1) is 13.2 Å². The van der Waals surface area contributed by atoms with Gasteiger partial charge in [0.25, 0.3) is 0 Å². The number of hydrogen-bond donors (Lipinski definition) is 1. The fourth-order valence-electron chi connectivity index (χ4n) is 3.23. The number of methoxy groups -OCH3 is 1. The van der Waals surface area contributed by atoms with Crippen molar-refractivity contribution in [2.45, 2.75) is 12.5 Å². The summed E-state index contributed by atoms with van der Waals surface area (Å²) in [6.07, 6.45) is 1.18. The van der Waals surface area contributed by atoms with Crippen LogP contribution >= 0.6 is 15.9 Å². The van der Waals surface area contributed by atoms with Crippen molar-refractivity contribution in [2.75, 3.05) is 33.3 Å². The van der Waals surface area contributed by atoms with Crippen LogP contribution in [0.25, 0.3) is 0 Å². The Labute approximate surface area is 146 Å². The van der Waals surface area contributed by atoms with Crippen LogP contribution < -0.4 is 10.1 Å². The first-order valence-corrected chi connectivity index (χ1v) is 8.91. The standard InChI is InChI=1S/C19H23BrN2O/c1-23-18-8-3-6-16(14-18)19(15-5-2-7-17(20)13-15)22-11-4-9-21-10-12-22/h2-3,5-8,13-14,19,21H,4,9-12H2,1H3. The zero-order chi connectivity index (χ0) is 16.1. The van der Waals surface area contributed by atoms with Gasteiger partial charge in [0, 0.05) is 24.1 Å². The average Bonchev–Trinajstić information content (AvgIpc) is 2.85. The van der Waals surface area contributed by atoms with E-state index in [1.807, 2.05) is 6.07 Å². The summed E-state index contributed by atoms with van der Waals surface area (Å²) in [6, 6.07) is 17.3. The molecule has 3 nitrogen and oxygen atoms in total. The monoisotopic (exact) mass is 374 g/mol. The van der Waals surface area contributed by atoms with Crippen molar-refractivity contribution in [3.63, 3.8) is 0 Å². The lowest BCUT2D eigenvalue weighted by atomic mass is 9.96. The predicted octanol–water partition coefficient (Wildman–Crippen LogP) is 3.84. The maximum Gasteiger partial charge on any atom is 0.119 e. The number of hydrogen-bond acceptors (Lipinski definition) is 3. The number of benzene rings is 2. The van der Waals surface area contributed by atoms with Crippen LogP contribution in [-0.4, -0.2) is 38.2 Å². The molecule has 1 fully saturated rings. The van der Waals surface area contributed by atoms with Crippen molar-refractivity contribution in [1.82, 2.24) is 10.2 Å². The molecule has 1 aliphatic rings. The second kappa shape index (κ2) is 7.95. The minimum Gasteiger partial charge on any atom is -0.497 e. The highest BCUT2D eigenvalue weighted by molar-refractivity contribution is 9.10. The largest absolute Gasteiger partial charge is 0.497 e. The van der Waals surface area contributed by atoms with E-state index in [1.165, 1.54) is 17.5 Å². The molecule has 0 amide bonds. The molecule has 122 valence electrons. The van der Waals surface area contributed by atoms with E-state index in [0.717, 1.165) is 36.4 Å². The lowest BCUT2D eigenvalue weighted by molar-refractivity contribution is 0.240. The minimum atomic E-state index is 0.252. The van der Waals surface area contributed by atoms with Gasteiger partial charge in [-0.15, -0.1) is 0 Å². The summed E-state index contributed by atoms with van der Waals surface area (Å²) in [7, 11) is 1.73. The van der Waals surface area contributed by atoms with Crippen molar-refractivity contribution < 1.29 is 4.74 Å². The third-order valence-electron chi connectivity index (χ3n) is 4.31. The molecule has 2 aromatic rings. The summed E-state index contributed by atoms with van der Waals surface area (Å²) < 4.78 is 6.56. The fraction of sp³-hybridized carbons (Fsp3) is 0.368. The lowest BCUT2D eigenvalue weighted by Crippen LogP contribution is -2.33. The Morgan fingerprint density at radius 1 is 1.04 bits per heavy atom. The third-order valence-corrected chi connectivity index (χ3v) is 4.81. The maximum absolute atomic E-state index is 5.44. The maximum atomic E-state index is 5.44. The van der Waals surface area contributed by atoms with E-state index in [9.17, 15) is 0 Å². The van der Waals surface area contributed by atoms with E-state index in [-0.39, 0.29) is 6.04 Å². The number of ether oxygens (including phenoxy) is 1. The van der Waals surface area contributed by atoms with E-state index in [0.29, 0.717) is 0 Å². The summed E-state index contributed by atoms with van der Waals surface area (Å²) in [5.74, 6) is 0.912. The van der Waals surface area contributed by atoms with Crippen molar-refractivity contribution in [2.24, 2.45) is 0 Å². The zero-order valence-electron chi connectivity index (χ0n) is 13.5. The Morgan fingerprint density at radius 2 is 1.83 bits per heavy atom. The summed E-state index contributed by atoms with van der Waals surface area (Å²) in [6.45, 7) is 4.28. The number of nitrogens with one attached hydrogen (secondary N) is 1. The number of rotatable bonds is 4. The number of halogens is 1. The Balaban J connectivity index is 2.01. The molecule has 1 unspecified atom stereocenters. The summed E-state index contributed by atoms with van der Waals surface area (Å²) in [4.78, 5) is 2.57. The molecular weight excluding hydrogens is 352 g/mol. The first-order valence-electron chi connectivity index (χ1n) is 8.12. The molecule has 0 radical (unpaired) electrons. The van der Waals surface area contributed by atoms with Gasteiger partial charge in [-0.3, -0.25) is 4.90 Å². The Bertz CT molecular complexity index is 639. The van der Waals surface area contributed by atoms with Gasteiger partial charge in [0.15, 0.2) is 0 Å². The molecule has 1 N–H and O–H groups in total. The molecule has 4 heteroatoms. The molecule has 1 atom stereocenters. The van der Waals surface area contributed by atoms with Crippen LogP contribution in [0, 0.1) is 0 Å². The van der Waals surface area contributed by atoms with Crippen LogP contribution in [0.1, 0.15) is 23.6 Å². The van der Waals surface area contributed by atoms with Gasteiger partial charge in [-0.05, 0) is 48.4 Å². The van der Waals surface area contributed by atoms with E-state index < -0.39 is 0 Å². The van der Waals surface area contributed by atoms with Crippen molar-refractivity contribution in [1.29, 1.82) is 0 Å². The second-order valence-corrected chi connectivity index (χ2v) is 6.79. The van der Waals surface area contributed by atoms with Gasteiger partial charge in [-0.2, -0.15) is 0 Å². The summed E-state index contributed by atoms with van der Waals surface area (Å²) in [5.41, 5.74) is 2.60. The van der Waals surface area contributed by atoms with Gasteiger partial charge >= 0.3 is 0 Å². The minimum absolute atomic E-state index is 0.252. The Hall–Kier alpha value is -1.36. The Morgan fingerprint density at radius 3 is 2.61 bits per heavy atom. The highest BCUT2D eigenvalue weighted by Crippen LogP contribution is 2.32. The highest BCUT2D eigenvalue weighted by atomic mass is 79.9. The van der Waals surface area contributed by atoms with Crippen LogP contribution in [0.15, 0.2) is 53.0 Å². The van der Waals surface area contributed by atoms with Gasteiger partial charge in [-0.1, -0.05) is 40.2 Å². The molecule has 1 saturated heterocycles. The Kier molecular flexibility index (Phi) is 5.70. The summed E-state index contributed by atoms with van der Waals surface area (Å²) >= 11 is 3.62. The molecule has 0 aromatic heterocycles. The SMILES string of the molecule is COc1cccc(C(c2cccc(Br)c2)N2CCCNCC2)c1. The van der Waals surface area contributed by atoms with Gasteiger partial charge in [0.1, 0.15) is 5.75 Å². The normalized spacial score (nSPS) is 17.5. The molecular formula is C19H23BrN2O. The van der Waals surface area contributed by atoms with E-state index in [4.69, 9.17) is 4.74 Å². The van der Waals surface area contributed by atoms with Crippen molar-refractivity contribution in [3.8, 4) is 5.75 Å². The van der Waals surface area contributed by atoms with Gasteiger partial charge in [-0.25, -0.2) is 0 Å². The lowest BCUT2D eigenvalue weighted by Gasteiger charge is -2.31. The predicted molar refractivity (Wildman–Crippen MR) is 98.0 cm³/mol. The molecule has 1 heterocycles. The first-order chi connectivity index (χ1) is 11.3. The first kappa shape index (κ1) is 16.5. The van der Waals surface area contributed by atoms with E-state index >= 15 is 0 Å². The quantitative estimate of drug-likeness (QED) is 0.879. The van der Waals surface area contributed by atoms with Crippen molar-refractivity contribution >= 4 is 15.9 Å². The molecule has 0 aliphatic carbocycles. The summed E-state index contributed by atoms with van der Waals surface area (Å²) in [5, 5.41) is 3.49. The van der Waals surface area contributed by atoms with E-state index in [1.54, 1.807) is 7.11 Å². The van der Waals surface area contributed by atoms with Crippen LogP contribution in [-0.2, 0) is 0 Å². The van der Waals surface area contributed by atoms with E-state index in [2.05, 4.69) is 68.6 Å². The molecule has 3 rings (SSSR count). The molecule has 0 bridgehead atoms. The molecule has 0 saturated carbocycles. The fourth-order valence-corrected chi connectivity index (χ4v) is 3.64. The zero-order valence-corrected chi connectivity index (χ0v) is 15.1. The van der Waals surface area contributed by atoms with Gasteiger partial charge in [0.2, 0.25) is 0 Å². The molecule has 2 aromatic carbocycles. The smallest absolute Gasteiger partial charge is 0.119 e.